The Labute approximate surface area is 156 Å². The van der Waals surface area contributed by atoms with Gasteiger partial charge in [-0.1, -0.05) is 17.7 Å². The quantitative estimate of drug-likeness (QED) is 0.709. The average Bonchev–Trinajstić information content (AvgIpc) is 2.96. The molecule has 1 aromatic carbocycles. The molecule has 1 heterocycles. The third-order valence-corrected chi connectivity index (χ3v) is 6.32. The Morgan fingerprint density at radius 3 is 2.84 bits per heavy atom. The van der Waals surface area contributed by atoms with Crippen molar-refractivity contribution in [2.75, 3.05) is 11.3 Å². The molecule has 0 aliphatic heterocycles. The highest BCUT2D eigenvalue weighted by atomic mass is 35.5. The lowest BCUT2D eigenvalue weighted by Crippen LogP contribution is -2.22. The number of rotatable bonds is 8. The molecule has 0 unspecified atom stereocenters. The summed E-state index contributed by atoms with van der Waals surface area (Å²) in [5.41, 5.74) is 1.25. The van der Waals surface area contributed by atoms with Crippen molar-refractivity contribution < 1.29 is 13.2 Å². The van der Waals surface area contributed by atoms with Crippen LogP contribution in [0, 0.1) is 6.92 Å². The normalized spacial score (nSPS) is 11.3. The van der Waals surface area contributed by atoms with Gasteiger partial charge < -0.3 is 5.32 Å². The number of hydrogen-bond donors (Lipinski definition) is 2. The van der Waals surface area contributed by atoms with Gasteiger partial charge in [0.2, 0.25) is 5.91 Å². The number of sulfonamides is 1. The summed E-state index contributed by atoms with van der Waals surface area (Å²) < 4.78 is 27.5. The van der Waals surface area contributed by atoms with Crippen LogP contribution in [-0.4, -0.2) is 25.9 Å². The van der Waals surface area contributed by atoms with Crippen LogP contribution in [0.15, 0.2) is 28.5 Å². The van der Waals surface area contributed by atoms with E-state index in [4.69, 9.17) is 11.6 Å². The second-order valence-electron chi connectivity index (χ2n) is 5.42. The van der Waals surface area contributed by atoms with E-state index in [0.717, 1.165) is 5.69 Å². The maximum Gasteiger partial charge on any atom is 0.263 e. The number of nitrogens with one attached hydrogen (secondary N) is 2. The Kier molecular flexibility index (Phi) is 6.80. The number of aromatic nitrogens is 1. The zero-order valence-electron chi connectivity index (χ0n) is 14.0. The minimum atomic E-state index is -3.75. The van der Waals surface area contributed by atoms with Gasteiger partial charge >= 0.3 is 0 Å². The largest absolute Gasteiger partial charge is 0.356 e. The molecule has 25 heavy (non-hydrogen) atoms. The van der Waals surface area contributed by atoms with Crippen molar-refractivity contribution >= 4 is 44.0 Å². The zero-order valence-corrected chi connectivity index (χ0v) is 16.4. The van der Waals surface area contributed by atoms with Crippen molar-refractivity contribution in [1.82, 2.24) is 10.3 Å². The lowest BCUT2D eigenvalue weighted by atomic mass is 10.2. The first-order chi connectivity index (χ1) is 11.8. The van der Waals surface area contributed by atoms with Gasteiger partial charge in [0.25, 0.3) is 10.0 Å². The summed E-state index contributed by atoms with van der Waals surface area (Å²) in [5.74, 6) is 0.00934. The van der Waals surface area contributed by atoms with Crippen LogP contribution in [0.5, 0.6) is 0 Å². The van der Waals surface area contributed by atoms with E-state index in [0.29, 0.717) is 41.5 Å². The molecule has 2 rings (SSSR count). The highest BCUT2D eigenvalue weighted by molar-refractivity contribution is 7.93. The van der Waals surface area contributed by atoms with Gasteiger partial charge in [0.15, 0.2) is 5.13 Å². The first kappa shape index (κ1) is 19.7. The number of amides is 1. The molecule has 0 aliphatic rings. The fourth-order valence-corrected chi connectivity index (χ4v) is 4.73. The van der Waals surface area contributed by atoms with Crippen LogP contribution in [0.3, 0.4) is 0 Å². The predicted octanol–water partition coefficient (Wildman–Crippen LogP) is 3.36. The summed E-state index contributed by atoms with van der Waals surface area (Å²) in [6.07, 6.45) is 1.70. The molecule has 0 radical (unpaired) electrons. The van der Waals surface area contributed by atoms with Crippen LogP contribution in [0.4, 0.5) is 5.13 Å². The lowest BCUT2D eigenvalue weighted by molar-refractivity contribution is -0.121. The number of anilines is 1. The number of aryl methyl sites for hydroxylation is 1. The number of thiazole rings is 1. The monoisotopic (exact) mass is 401 g/mol. The van der Waals surface area contributed by atoms with Crippen molar-refractivity contribution in [3.63, 3.8) is 0 Å². The van der Waals surface area contributed by atoms with E-state index in [1.54, 1.807) is 24.4 Å². The zero-order chi connectivity index (χ0) is 18.4. The minimum Gasteiger partial charge on any atom is -0.356 e. The van der Waals surface area contributed by atoms with Crippen molar-refractivity contribution in [3.8, 4) is 0 Å². The molecule has 9 heteroatoms. The Morgan fingerprint density at radius 1 is 1.36 bits per heavy atom. The molecule has 0 aliphatic carbocycles. The van der Waals surface area contributed by atoms with Crippen LogP contribution in [0.1, 0.15) is 31.0 Å². The third kappa shape index (κ3) is 5.42. The van der Waals surface area contributed by atoms with Crippen molar-refractivity contribution in [1.29, 1.82) is 0 Å². The summed E-state index contributed by atoms with van der Waals surface area (Å²) in [7, 11) is -3.75. The molecule has 0 saturated carbocycles. The van der Waals surface area contributed by atoms with Crippen LogP contribution in [0.25, 0.3) is 0 Å². The van der Waals surface area contributed by atoms with E-state index in [9.17, 15) is 13.2 Å². The summed E-state index contributed by atoms with van der Waals surface area (Å²) in [5, 5.41) is 5.22. The van der Waals surface area contributed by atoms with Gasteiger partial charge in [0.1, 0.15) is 0 Å². The van der Waals surface area contributed by atoms with E-state index < -0.39 is 10.0 Å². The van der Waals surface area contributed by atoms with Crippen molar-refractivity contribution in [2.24, 2.45) is 0 Å². The van der Waals surface area contributed by atoms with E-state index in [2.05, 4.69) is 15.0 Å². The van der Waals surface area contributed by atoms with E-state index in [1.807, 2.05) is 6.92 Å². The summed E-state index contributed by atoms with van der Waals surface area (Å²) in [4.78, 5) is 15.8. The first-order valence-electron chi connectivity index (χ1n) is 7.82. The Morgan fingerprint density at radius 2 is 2.12 bits per heavy atom. The molecule has 0 spiro atoms. The smallest absolute Gasteiger partial charge is 0.263 e. The molecular weight excluding hydrogens is 382 g/mol. The molecular formula is C16H20ClN3O3S2. The Hall–Kier alpha value is -1.64. The van der Waals surface area contributed by atoms with Gasteiger partial charge in [-0.2, -0.15) is 0 Å². The molecule has 136 valence electrons. The number of carbonyl (C=O) groups excluding carboxylic acids is 1. The topological polar surface area (TPSA) is 88.2 Å². The van der Waals surface area contributed by atoms with Gasteiger partial charge in [0.05, 0.1) is 10.6 Å². The summed E-state index contributed by atoms with van der Waals surface area (Å²) >= 11 is 7.21. The highest BCUT2D eigenvalue weighted by Gasteiger charge is 2.19. The molecule has 2 aromatic rings. The van der Waals surface area contributed by atoms with Crippen LogP contribution < -0.4 is 10.0 Å². The number of halogens is 1. The third-order valence-electron chi connectivity index (χ3n) is 3.49. The van der Waals surface area contributed by atoms with Gasteiger partial charge in [-0.25, -0.2) is 13.4 Å². The maximum absolute atomic E-state index is 12.5. The molecule has 0 saturated heterocycles. The maximum atomic E-state index is 12.5. The van der Waals surface area contributed by atoms with Crippen LogP contribution in [-0.2, 0) is 21.2 Å². The SMILES string of the molecule is CCNC(=O)CCCc1csc(NS(=O)(=O)c2cccc(Cl)c2C)n1. The molecule has 0 atom stereocenters. The second-order valence-corrected chi connectivity index (χ2v) is 8.34. The van der Waals surface area contributed by atoms with Gasteiger partial charge in [-0.15, -0.1) is 11.3 Å². The van der Waals surface area contributed by atoms with Gasteiger partial charge in [-0.3, -0.25) is 9.52 Å². The molecule has 6 nitrogen and oxygen atoms in total. The van der Waals surface area contributed by atoms with Crippen molar-refractivity contribution in [2.45, 2.75) is 38.0 Å². The molecule has 0 bridgehead atoms. The van der Waals surface area contributed by atoms with Gasteiger partial charge in [0, 0.05) is 23.4 Å². The Bertz CT molecular complexity index is 850. The van der Waals surface area contributed by atoms with E-state index in [-0.39, 0.29) is 10.8 Å². The molecule has 1 amide bonds. The predicted molar refractivity (Wildman–Crippen MR) is 101 cm³/mol. The molecule has 0 fully saturated rings. The Balaban J connectivity index is 2.00. The number of benzene rings is 1. The number of hydrogen-bond acceptors (Lipinski definition) is 5. The van der Waals surface area contributed by atoms with Gasteiger partial charge in [-0.05, 0) is 44.4 Å². The fraction of sp³-hybridized carbons (Fsp3) is 0.375. The van der Waals surface area contributed by atoms with Crippen LogP contribution >= 0.6 is 22.9 Å². The highest BCUT2D eigenvalue weighted by Crippen LogP contribution is 2.26. The average molecular weight is 402 g/mol. The summed E-state index contributed by atoms with van der Waals surface area (Å²) in [6.45, 7) is 4.15. The number of nitrogens with zero attached hydrogens (tertiary/aromatic N) is 1. The number of carbonyl (C=O) groups is 1. The second kappa shape index (κ2) is 8.64. The van der Waals surface area contributed by atoms with E-state index >= 15 is 0 Å². The first-order valence-corrected chi connectivity index (χ1v) is 10.6. The molecule has 1 aromatic heterocycles. The lowest BCUT2D eigenvalue weighted by Gasteiger charge is -2.09. The van der Waals surface area contributed by atoms with E-state index in [1.165, 1.54) is 17.4 Å². The summed E-state index contributed by atoms with van der Waals surface area (Å²) in [6, 6.07) is 4.75. The minimum absolute atomic E-state index is 0.00934. The standard InChI is InChI=1S/C16H20ClN3O3S2/c1-3-18-15(21)9-4-6-12-10-24-16(19-12)20-25(22,23)14-8-5-7-13(17)11(14)2/h5,7-8,10H,3-4,6,9H2,1-2H3,(H,18,21)(H,19,20). The molecule has 2 N–H and O–H groups in total. The van der Waals surface area contributed by atoms with Crippen LogP contribution in [0.2, 0.25) is 5.02 Å². The fourth-order valence-electron chi connectivity index (χ4n) is 2.23. The van der Waals surface area contributed by atoms with Crippen molar-refractivity contribution in [3.05, 3.63) is 39.9 Å².